The van der Waals surface area contributed by atoms with Crippen LogP contribution in [-0.2, 0) is 0 Å². The third kappa shape index (κ3) is 3.43. The third-order valence-corrected chi connectivity index (χ3v) is 4.60. The molecule has 1 aromatic heterocycles. The Morgan fingerprint density at radius 3 is 2.80 bits per heavy atom. The zero-order chi connectivity index (χ0) is 18.0. The summed E-state index contributed by atoms with van der Waals surface area (Å²) < 4.78 is 0.976. The lowest BCUT2D eigenvalue weighted by Crippen LogP contribution is -2.12. The molecule has 0 aliphatic heterocycles. The lowest BCUT2D eigenvalue weighted by Gasteiger charge is -2.06. The van der Waals surface area contributed by atoms with Crippen LogP contribution >= 0.6 is 11.3 Å². The number of benzene rings is 2. The van der Waals surface area contributed by atoms with Crippen molar-refractivity contribution in [1.82, 2.24) is 4.98 Å². The number of aromatic nitrogens is 1. The summed E-state index contributed by atoms with van der Waals surface area (Å²) in [5, 5.41) is 17.3. The Kier molecular flexibility index (Phi) is 4.62. The van der Waals surface area contributed by atoms with Gasteiger partial charge >= 0.3 is 0 Å². The van der Waals surface area contributed by atoms with E-state index in [2.05, 4.69) is 15.6 Å². The van der Waals surface area contributed by atoms with Gasteiger partial charge in [-0.15, -0.1) is 0 Å². The monoisotopic (exact) mass is 356 g/mol. The number of amides is 1. The Morgan fingerprint density at radius 1 is 1.32 bits per heavy atom. The summed E-state index contributed by atoms with van der Waals surface area (Å²) in [5.41, 5.74) is 2.34. The van der Waals surface area contributed by atoms with Gasteiger partial charge < -0.3 is 5.32 Å². The van der Waals surface area contributed by atoms with Gasteiger partial charge in [-0.05, 0) is 37.6 Å². The molecule has 0 radical (unpaired) electrons. The molecule has 0 bridgehead atoms. The second kappa shape index (κ2) is 6.86. The van der Waals surface area contributed by atoms with Crippen molar-refractivity contribution in [2.45, 2.75) is 13.8 Å². The molecule has 0 saturated heterocycles. The summed E-state index contributed by atoms with van der Waals surface area (Å²) in [6, 6.07) is 10.2. The molecule has 1 heterocycles. The van der Waals surface area contributed by atoms with Crippen molar-refractivity contribution >= 4 is 44.0 Å². The first-order chi connectivity index (χ1) is 12.0. The smallest absolute Gasteiger partial charge is 0.293 e. The molecule has 7 nitrogen and oxygen atoms in total. The van der Waals surface area contributed by atoms with Gasteiger partial charge in [-0.2, -0.15) is 0 Å². The number of carbonyl (C=O) groups excluding carboxylic acids is 1. The molecule has 8 heteroatoms. The molecule has 0 aliphatic carbocycles. The van der Waals surface area contributed by atoms with E-state index < -0.39 is 10.8 Å². The molecule has 1 amide bonds. The normalized spacial score (nSPS) is 10.6. The summed E-state index contributed by atoms with van der Waals surface area (Å²) >= 11 is 1.37. The molecular weight excluding hydrogens is 340 g/mol. The molecule has 3 rings (SSSR count). The van der Waals surface area contributed by atoms with Crippen molar-refractivity contribution in [2.24, 2.45) is 0 Å². The number of thiazole rings is 1. The Labute approximate surface area is 147 Å². The highest BCUT2D eigenvalue weighted by Crippen LogP contribution is 2.29. The number of fused-ring (bicyclic) bond motifs is 1. The predicted octanol–water partition coefficient (Wildman–Crippen LogP) is 4.20. The zero-order valence-corrected chi connectivity index (χ0v) is 14.5. The Bertz CT molecular complexity index is 968. The number of aryl methyl sites for hydroxylation is 1. The highest BCUT2D eigenvalue weighted by atomic mass is 32.1. The van der Waals surface area contributed by atoms with Crippen molar-refractivity contribution in [2.75, 3.05) is 17.2 Å². The number of nitrogens with one attached hydrogen (secondary N) is 2. The Hall–Kier alpha value is -3.00. The highest BCUT2D eigenvalue weighted by molar-refractivity contribution is 7.22. The minimum absolute atomic E-state index is 0.130. The van der Waals surface area contributed by atoms with Gasteiger partial charge in [0.05, 0.1) is 15.1 Å². The van der Waals surface area contributed by atoms with Gasteiger partial charge in [-0.25, -0.2) is 4.98 Å². The Balaban J connectivity index is 1.88. The van der Waals surface area contributed by atoms with Gasteiger partial charge in [0.2, 0.25) is 0 Å². The van der Waals surface area contributed by atoms with Gasteiger partial charge in [-0.1, -0.05) is 23.5 Å². The summed E-state index contributed by atoms with van der Waals surface area (Å²) in [4.78, 5) is 27.6. The molecule has 0 fully saturated rings. The standard InChI is InChI=1S/C17H16N4O3S/c1-3-18-12-8-7-11(9-13(12)21(23)24)16(22)20-17-19-15-10(2)5-4-6-14(15)25-17/h4-9,18H,3H2,1-2H3,(H,19,20,22). The molecule has 2 aromatic carbocycles. The van der Waals surface area contributed by atoms with Crippen molar-refractivity contribution in [3.05, 3.63) is 57.6 Å². The van der Waals surface area contributed by atoms with Crippen LogP contribution in [0.5, 0.6) is 0 Å². The number of carbonyl (C=O) groups is 1. The summed E-state index contributed by atoms with van der Waals surface area (Å²) in [6.45, 7) is 4.35. The predicted molar refractivity (Wildman–Crippen MR) is 99.6 cm³/mol. The van der Waals surface area contributed by atoms with Gasteiger partial charge in [0.15, 0.2) is 5.13 Å². The van der Waals surface area contributed by atoms with E-state index in [0.717, 1.165) is 15.8 Å². The van der Waals surface area contributed by atoms with E-state index in [1.54, 1.807) is 12.1 Å². The summed E-state index contributed by atoms with van der Waals surface area (Å²) in [6.07, 6.45) is 0. The lowest BCUT2D eigenvalue weighted by molar-refractivity contribution is -0.384. The van der Waals surface area contributed by atoms with Gasteiger partial charge in [0.1, 0.15) is 5.69 Å². The fraction of sp³-hybridized carbons (Fsp3) is 0.176. The number of para-hydroxylation sites is 1. The largest absolute Gasteiger partial charge is 0.380 e. The number of anilines is 2. The van der Waals surface area contributed by atoms with Crippen molar-refractivity contribution in [3.8, 4) is 0 Å². The molecule has 0 aliphatic rings. The Morgan fingerprint density at radius 2 is 2.12 bits per heavy atom. The number of hydrogen-bond donors (Lipinski definition) is 2. The number of nitrogens with zero attached hydrogens (tertiary/aromatic N) is 2. The zero-order valence-electron chi connectivity index (χ0n) is 13.7. The van der Waals surface area contributed by atoms with Gasteiger partial charge in [-0.3, -0.25) is 20.2 Å². The van der Waals surface area contributed by atoms with Crippen molar-refractivity contribution in [3.63, 3.8) is 0 Å². The molecule has 0 atom stereocenters. The van der Waals surface area contributed by atoms with Crippen LogP contribution in [0.1, 0.15) is 22.8 Å². The van der Waals surface area contributed by atoms with E-state index in [9.17, 15) is 14.9 Å². The third-order valence-electron chi connectivity index (χ3n) is 3.67. The van der Waals surface area contributed by atoms with E-state index in [1.165, 1.54) is 17.4 Å². The molecule has 3 aromatic rings. The topological polar surface area (TPSA) is 97.2 Å². The minimum Gasteiger partial charge on any atom is -0.380 e. The first-order valence-corrected chi connectivity index (χ1v) is 8.51. The van der Waals surface area contributed by atoms with E-state index in [4.69, 9.17) is 0 Å². The molecule has 0 unspecified atom stereocenters. The van der Waals surface area contributed by atoms with Crippen LogP contribution < -0.4 is 10.6 Å². The van der Waals surface area contributed by atoms with Gasteiger partial charge in [0, 0.05) is 18.2 Å². The fourth-order valence-corrected chi connectivity index (χ4v) is 3.41. The molecule has 128 valence electrons. The van der Waals surface area contributed by atoms with Gasteiger partial charge in [0.25, 0.3) is 11.6 Å². The second-order valence-electron chi connectivity index (χ2n) is 5.41. The van der Waals surface area contributed by atoms with Crippen molar-refractivity contribution in [1.29, 1.82) is 0 Å². The SMILES string of the molecule is CCNc1ccc(C(=O)Nc2nc3c(C)cccc3s2)cc1[N+](=O)[O-]. The van der Waals surface area contributed by atoms with Crippen LogP contribution in [0.2, 0.25) is 0 Å². The number of rotatable bonds is 5. The van der Waals surface area contributed by atoms with Crippen LogP contribution in [0, 0.1) is 17.0 Å². The molecule has 25 heavy (non-hydrogen) atoms. The quantitative estimate of drug-likeness (QED) is 0.527. The number of nitro benzene ring substituents is 1. The van der Waals surface area contributed by atoms with Crippen LogP contribution in [-0.4, -0.2) is 22.4 Å². The van der Waals surface area contributed by atoms with E-state index in [-0.39, 0.29) is 11.3 Å². The van der Waals surface area contributed by atoms with Crippen molar-refractivity contribution < 1.29 is 9.72 Å². The molecule has 0 spiro atoms. The van der Waals surface area contributed by atoms with E-state index >= 15 is 0 Å². The minimum atomic E-state index is -0.504. The summed E-state index contributed by atoms with van der Waals surface area (Å²) in [5.74, 6) is -0.428. The average Bonchev–Trinajstić information content (AvgIpc) is 2.99. The average molecular weight is 356 g/mol. The first kappa shape index (κ1) is 16.8. The number of hydrogen-bond acceptors (Lipinski definition) is 6. The van der Waals surface area contributed by atoms with E-state index in [1.807, 2.05) is 32.0 Å². The molecular formula is C17H16N4O3S. The maximum absolute atomic E-state index is 12.4. The summed E-state index contributed by atoms with van der Waals surface area (Å²) in [7, 11) is 0. The van der Waals surface area contributed by atoms with Crippen LogP contribution in [0.4, 0.5) is 16.5 Å². The maximum Gasteiger partial charge on any atom is 0.293 e. The first-order valence-electron chi connectivity index (χ1n) is 7.69. The molecule has 0 saturated carbocycles. The number of nitro groups is 1. The van der Waals surface area contributed by atoms with E-state index in [0.29, 0.717) is 17.4 Å². The maximum atomic E-state index is 12.4. The van der Waals surface area contributed by atoms with Crippen LogP contribution in [0.3, 0.4) is 0 Å². The van der Waals surface area contributed by atoms with Crippen LogP contribution in [0.15, 0.2) is 36.4 Å². The lowest BCUT2D eigenvalue weighted by atomic mass is 10.1. The fourth-order valence-electron chi connectivity index (χ4n) is 2.47. The van der Waals surface area contributed by atoms with Crippen LogP contribution in [0.25, 0.3) is 10.2 Å². The highest BCUT2D eigenvalue weighted by Gasteiger charge is 2.18. The second-order valence-corrected chi connectivity index (χ2v) is 6.44. The molecule has 2 N–H and O–H groups in total.